The van der Waals surface area contributed by atoms with E-state index < -0.39 is 5.60 Å². The Kier molecular flexibility index (Phi) is 5.42. The lowest BCUT2D eigenvalue weighted by atomic mass is 9.95. The monoisotopic (exact) mass is 421 g/mol. The molecule has 140 valence electrons. The lowest BCUT2D eigenvalue weighted by molar-refractivity contribution is 0.0197. The van der Waals surface area contributed by atoms with Gasteiger partial charge in [-0.15, -0.1) is 0 Å². The molecule has 0 radical (unpaired) electrons. The van der Waals surface area contributed by atoms with Crippen LogP contribution in [0.3, 0.4) is 0 Å². The van der Waals surface area contributed by atoms with E-state index in [2.05, 4.69) is 28.1 Å². The quantitative estimate of drug-likeness (QED) is 0.644. The van der Waals surface area contributed by atoms with Crippen molar-refractivity contribution in [2.45, 2.75) is 45.8 Å². The zero-order chi connectivity index (χ0) is 18.9. The molecule has 3 rings (SSSR count). The van der Waals surface area contributed by atoms with Gasteiger partial charge in [-0.2, -0.15) is 0 Å². The number of hydrogen-bond donors (Lipinski definition) is 0. The molecule has 1 fully saturated rings. The number of hydrogen-bond acceptors (Lipinski definition) is 4. The molecule has 1 saturated heterocycles. The Labute approximate surface area is 162 Å². The molecule has 1 aromatic carbocycles. The summed E-state index contributed by atoms with van der Waals surface area (Å²) in [4.78, 5) is 25.5. The van der Waals surface area contributed by atoms with Crippen molar-refractivity contribution in [3.8, 4) is 0 Å². The summed E-state index contributed by atoms with van der Waals surface area (Å²) in [6.07, 6.45) is 5.88. The van der Waals surface area contributed by atoms with Crippen LogP contribution in [0.1, 0.15) is 55.1 Å². The molecule has 2 heterocycles. The third kappa shape index (κ3) is 4.29. The Morgan fingerprint density at radius 2 is 2.00 bits per heavy atom. The van der Waals surface area contributed by atoms with Crippen molar-refractivity contribution in [1.29, 1.82) is 0 Å². The van der Waals surface area contributed by atoms with Crippen LogP contribution in [0.5, 0.6) is 0 Å². The second kappa shape index (κ2) is 7.43. The molecule has 0 aromatic heterocycles. The van der Waals surface area contributed by atoms with Crippen LogP contribution < -0.4 is 0 Å². The van der Waals surface area contributed by atoms with E-state index in [-0.39, 0.29) is 12.1 Å². The largest absolute Gasteiger partial charge is 0.457 e. The molecule has 0 unspecified atom stereocenters. The number of nitrogens with zero attached hydrogens (tertiary/aromatic N) is 1. The first-order valence-electron chi connectivity index (χ1n) is 8.89. The minimum atomic E-state index is -0.460. The van der Waals surface area contributed by atoms with E-state index in [1.54, 1.807) is 4.90 Å². The number of carbonyl (C=O) groups is 2. The smallest absolute Gasteiger partial charge is 0.410 e. The number of esters is 1. The maximum Gasteiger partial charge on any atom is 0.410 e. The Morgan fingerprint density at radius 3 is 2.65 bits per heavy atom. The van der Waals surface area contributed by atoms with Gasteiger partial charge in [0.05, 0.1) is 5.56 Å². The summed E-state index contributed by atoms with van der Waals surface area (Å²) in [6.45, 7) is 7.38. The summed E-state index contributed by atoms with van der Waals surface area (Å²) in [5.74, 6) is 0.164. The first kappa shape index (κ1) is 19.0. The van der Waals surface area contributed by atoms with Gasteiger partial charge >= 0.3 is 12.1 Å². The molecule has 2 aliphatic rings. The maximum absolute atomic E-state index is 12.1. The molecule has 0 spiro atoms. The summed E-state index contributed by atoms with van der Waals surface area (Å²) < 4.78 is 11.4. The molecule has 0 aliphatic carbocycles. The van der Waals surface area contributed by atoms with Crippen LogP contribution in [0.15, 0.2) is 22.7 Å². The van der Waals surface area contributed by atoms with Crippen molar-refractivity contribution in [3.05, 3.63) is 39.4 Å². The second-order valence-electron chi connectivity index (χ2n) is 7.73. The summed E-state index contributed by atoms with van der Waals surface area (Å²) >= 11 is 3.59. The van der Waals surface area contributed by atoms with Crippen molar-refractivity contribution in [3.63, 3.8) is 0 Å². The van der Waals surface area contributed by atoms with E-state index in [1.807, 2.05) is 32.9 Å². The number of ether oxygens (including phenoxy) is 2. The van der Waals surface area contributed by atoms with Gasteiger partial charge in [-0.25, -0.2) is 9.59 Å². The molecule has 26 heavy (non-hydrogen) atoms. The van der Waals surface area contributed by atoms with Gasteiger partial charge in [0, 0.05) is 23.1 Å². The van der Waals surface area contributed by atoms with Crippen molar-refractivity contribution in [1.82, 2.24) is 4.90 Å². The highest BCUT2D eigenvalue weighted by molar-refractivity contribution is 9.10. The number of likely N-dealkylation sites (tertiary alicyclic amines) is 1. The summed E-state index contributed by atoms with van der Waals surface area (Å²) in [7, 11) is 0. The van der Waals surface area contributed by atoms with Crippen molar-refractivity contribution in [2.75, 3.05) is 13.1 Å². The zero-order valence-electron chi connectivity index (χ0n) is 15.4. The fourth-order valence-corrected chi connectivity index (χ4v) is 3.75. The lowest BCUT2D eigenvalue weighted by Crippen LogP contribution is -2.41. The number of rotatable bonds is 2. The lowest BCUT2D eigenvalue weighted by Gasteiger charge is -2.32. The third-order valence-electron chi connectivity index (χ3n) is 4.58. The van der Waals surface area contributed by atoms with Gasteiger partial charge < -0.3 is 14.4 Å². The highest BCUT2D eigenvalue weighted by Crippen LogP contribution is 2.32. The average Bonchev–Trinajstić information content (AvgIpc) is 2.95. The molecule has 0 N–H and O–H groups in total. The Morgan fingerprint density at radius 1 is 1.31 bits per heavy atom. The standard InChI is InChI=1S/C20H24BrNO4/c1-20(2,3)26-19(24)22-10-8-13(9-11-22)4-5-14-6-7-15-16(17(14)21)12-25-18(15)23/h4-7,13H,8-12H2,1-3H3. The average molecular weight is 422 g/mol. The molecule has 0 saturated carbocycles. The molecule has 0 atom stereocenters. The normalized spacial score (nSPS) is 18.2. The molecular weight excluding hydrogens is 398 g/mol. The van der Waals surface area contributed by atoms with E-state index in [9.17, 15) is 9.59 Å². The Bertz CT molecular complexity index is 743. The fourth-order valence-electron chi connectivity index (χ4n) is 3.16. The van der Waals surface area contributed by atoms with E-state index in [4.69, 9.17) is 9.47 Å². The molecule has 1 aromatic rings. The van der Waals surface area contributed by atoms with E-state index in [0.717, 1.165) is 28.4 Å². The van der Waals surface area contributed by atoms with Gasteiger partial charge in [-0.05, 0) is 67.1 Å². The van der Waals surface area contributed by atoms with Crippen LogP contribution in [0.2, 0.25) is 0 Å². The highest BCUT2D eigenvalue weighted by atomic mass is 79.9. The minimum absolute atomic E-state index is 0.231. The molecule has 5 nitrogen and oxygen atoms in total. The van der Waals surface area contributed by atoms with Crippen LogP contribution in [0.25, 0.3) is 6.08 Å². The first-order chi connectivity index (χ1) is 12.2. The molecule has 6 heteroatoms. The van der Waals surface area contributed by atoms with Gasteiger partial charge in [0.25, 0.3) is 0 Å². The highest BCUT2D eigenvalue weighted by Gasteiger charge is 2.26. The molecule has 0 bridgehead atoms. The van der Waals surface area contributed by atoms with Crippen LogP contribution in [0.4, 0.5) is 4.79 Å². The van der Waals surface area contributed by atoms with E-state index >= 15 is 0 Å². The number of amides is 1. The Balaban J connectivity index is 1.58. The number of allylic oxidation sites excluding steroid dienone is 1. The first-order valence-corrected chi connectivity index (χ1v) is 9.68. The minimum Gasteiger partial charge on any atom is -0.457 e. The second-order valence-corrected chi connectivity index (χ2v) is 8.53. The third-order valence-corrected chi connectivity index (χ3v) is 5.52. The zero-order valence-corrected chi connectivity index (χ0v) is 17.0. The van der Waals surface area contributed by atoms with Crippen LogP contribution in [-0.4, -0.2) is 35.7 Å². The van der Waals surface area contributed by atoms with Crippen molar-refractivity contribution < 1.29 is 19.1 Å². The van der Waals surface area contributed by atoms with Gasteiger partial charge in [-0.1, -0.05) is 18.2 Å². The van der Waals surface area contributed by atoms with Crippen LogP contribution >= 0.6 is 15.9 Å². The van der Waals surface area contributed by atoms with Gasteiger partial charge in [-0.3, -0.25) is 0 Å². The maximum atomic E-state index is 12.1. The molecule has 2 aliphatic heterocycles. The number of piperidine rings is 1. The van der Waals surface area contributed by atoms with Gasteiger partial charge in [0.2, 0.25) is 0 Å². The predicted molar refractivity (Wildman–Crippen MR) is 103 cm³/mol. The number of cyclic esters (lactones) is 1. The Hall–Kier alpha value is -1.82. The van der Waals surface area contributed by atoms with Gasteiger partial charge in [0.1, 0.15) is 12.2 Å². The molecule has 1 amide bonds. The van der Waals surface area contributed by atoms with E-state index in [1.165, 1.54) is 0 Å². The van der Waals surface area contributed by atoms with Crippen molar-refractivity contribution >= 4 is 34.1 Å². The number of halogens is 1. The fraction of sp³-hybridized carbons (Fsp3) is 0.500. The predicted octanol–water partition coefficient (Wildman–Crippen LogP) is 4.78. The van der Waals surface area contributed by atoms with E-state index in [0.29, 0.717) is 31.2 Å². The number of benzene rings is 1. The number of fused-ring (bicyclic) bond motifs is 1. The molecular formula is C20H24BrNO4. The van der Waals surface area contributed by atoms with Crippen molar-refractivity contribution in [2.24, 2.45) is 5.92 Å². The van der Waals surface area contributed by atoms with Gasteiger partial charge in [0.15, 0.2) is 0 Å². The summed E-state index contributed by atoms with van der Waals surface area (Å²) in [5.41, 5.74) is 2.13. The SMILES string of the molecule is CC(C)(C)OC(=O)N1CCC(C=Cc2ccc3c(c2Br)COC3=O)CC1. The topological polar surface area (TPSA) is 55.8 Å². The van der Waals surface area contributed by atoms with Crippen LogP contribution in [0, 0.1) is 5.92 Å². The summed E-state index contributed by atoms with van der Waals surface area (Å²) in [6, 6.07) is 3.75. The van der Waals surface area contributed by atoms with Crippen LogP contribution in [-0.2, 0) is 16.1 Å². The number of carbonyl (C=O) groups excluding carboxylic acids is 2. The summed E-state index contributed by atoms with van der Waals surface area (Å²) in [5, 5.41) is 0.